The Morgan fingerprint density at radius 1 is 1.00 bits per heavy atom. The molecule has 3 heteroatoms. The van der Waals surface area contributed by atoms with Crippen molar-refractivity contribution in [2.45, 2.75) is 6.92 Å². The Morgan fingerprint density at radius 3 is 2.57 bits per heavy atom. The molecule has 3 rings (SSSR count). The van der Waals surface area contributed by atoms with Gasteiger partial charge in [0, 0.05) is 16.6 Å². The number of fused-ring (bicyclic) bond motifs is 1. The van der Waals surface area contributed by atoms with Gasteiger partial charge in [-0.1, -0.05) is 36.4 Å². The third-order valence-corrected chi connectivity index (χ3v) is 3.46. The molecule has 0 radical (unpaired) electrons. The molecule has 0 unspecified atom stereocenters. The molecule has 3 aromatic rings. The van der Waals surface area contributed by atoms with E-state index in [-0.39, 0.29) is 11.7 Å². The molecule has 0 fully saturated rings. The number of anilines is 1. The molecule has 21 heavy (non-hydrogen) atoms. The molecule has 0 aromatic heterocycles. The highest BCUT2D eigenvalue weighted by molar-refractivity contribution is 6.09. The molecule has 0 atom stereocenters. The minimum absolute atomic E-state index is 0.241. The first-order chi connectivity index (χ1) is 10.1. The maximum absolute atomic E-state index is 13.3. The third-order valence-electron chi connectivity index (χ3n) is 3.46. The normalized spacial score (nSPS) is 10.6. The van der Waals surface area contributed by atoms with Crippen molar-refractivity contribution in [1.82, 2.24) is 0 Å². The van der Waals surface area contributed by atoms with Gasteiger partial charge in [0.25, 0.3) is 5.91 Å². The number of hydrogen-bond acceptors (Lipinski definition) is 1. The summed E-state index contributed by atoms with van der Waals surface area (Å²) in [6.45, 7) is 1.64. The minimum Gasteiger partial charge on any atom is -0.321 e. The standard InChI is InChI=1S/C18H14FNO/c1-12-11-14(9-10-16(12)19)18(21)20-17-8-4-6-13-5-2-3-7-15(13)17/h2-11H,1H3,(H,20,21). The van der Waals surface area contributed by atoms with Crippen LogP contribution in [0.15, 0.2) is 60.7 Å². The summed E-state index contributed by atoms with van der Waals surface area (Å²) in [4.78, 5) is 12.3. The predicted molar refractivity (Wildman–Crippen MR) is 83.0 cm³/mol. The molecule has 0 heterocycles. The molecule has 0 bridgehead atoms. The molecular weight excluding hydrogens is 265 g/mol. The summed E-state index contributed by atoms with van der Waals surface area (Å²) in [5.74, 6) is -0.550. The second kappa shape index (κ2) is 5.37. The predicted octanol–water partition coefficient (Wildman–Crippen LogP) is 4.54. The maximum atomic E-state index is 13.3. The number of aryl methyl sites for hydroxylation is 1. The molecule has 2 nitrogen and oxygen atoms in total. The van der Waals surface area contributed by atoms with Crippen molar-refractivity contribution in [2.75, 3.05) is 5.32 Å². The quantitative estimate of drug-likeness (QED) is 0.733. The summed E-state index contributed by atoms with van der Waals surface area (Å²) < 4.78 is 13.3. The van der Waals surface area contributed by atoms with Crippen LogP contribution in [-0.4, -0.2) is 5.91 Å². The summed E-state index contributed by atoms with van der Waals surface area (Å²) in [6, 6.07) is 17.9. The van der Waals surface area contributed by atoms with Crippen molar-refractivity contribution in [1.29, 1.82) is 0 Å². The van der Waals surface area contributed by atoms with Crippen molar-refractivity contribution in [3.63, 3.8) is 0 Å². The Bertz CT molecular complexity index is 821. The van der Waals surface area contributed by atoms with Crippen LogP contribution in [0.2, 0.25) is 0 Å². The Labute approximate surface area is 122 Å². The molecule has 0 aliphatic rings. The van der Waals surface area contributed by atoms with Crippen molar-refractivity contribution in [2.24, 2.45) is 0 Å². The van der Waals surface area contributed by atoms with E-state index < -0.39 is 0 Å². The van der Waals surface area contributed by atoms with Gasteiger partial charge in [0.1, 0.15) is 5.82 Å². The number of carbonyl (C=O) groups excluding carboxylic acids is 1. The van der Waals surface area contributed by atoms with Crippen LogP contribution < -0.4 is 5.32 Å². The largest absolute Gasteiger partial charge is 0.321 e. The van der Waals surface area contributed by atoms with Crippen LogP contribution in [0.4, 0.5) is 10.1 Å². The topological polar surface area (TPSA) is 29.1 Å². The lowest BCUT2D eigenvalue weighted by Gasteiger charge is -2.09. The van der Waals surface area contributed by atoms with E-state index in [1.165, 1.54) is 12.1 Å². The number of hydrogen-bond donors (Lipinski definition) is 1. The average molecular weight is 279 g/mol. The smallest absolute Gasteiger partial charge is 0.255 e. The van der Waals surface area contributed by atoms with Crippen molar-refractivity contribution in [3.8, 4) is 0 Å². The second-order valence-corrected chi connectivity index (χ2v) is 4.94. The van der Waals surface area contributed by atoms with Gasteiger partial charge < -0.3 is 5.32 Å². The fraction of sp³-hybridized carbons (Fsp3) is 0.0556. The minimum atomic E-state index is -0.309. The highest BCUT2D eigenvalue weighted by Crippen LogP contribution is 2.23. The van der Waals surface area contributed by atoms with Crippen LogP contribution in [0.25, 0.3) is 10.8 Å². The molecule has 3 aromatic carbocycles. The van der Waals surface area contributed by atoms with Gasteiger partial charge in [-0.25, -0.2) is 4.39 Å². The molecular formula is C18H14FNO. The monoisotopic (exact) mass is 279 g/mol. The molecule has 0 saturated carbocycles. The lowest BCUT2D eigenvalue weighted by molar-refractivity contribution is 0.102. The summed E-state index contributed by atoms with van der Waals surface area (Å²) in [7, 11) is 0. The fourth-order valence-corrected chi connectivity index (χ4v) is 2.31. The lowest BCUT2D eigenvalue weighted by Crippen LogP contribution is -2.12. The molecule has 0 spiro atoms. The number of nitrogens with one attached hydrogen (secondary N) is 1. The van der Waals surface area contributed by atoms with E-state index in [1.807, 2.05) is 42.5 Å². The van der Waals surface area contributed by atoms with Gasteiger partial charge in [0.05, 0.1) is 0 Å². The summed E-state index contributed by atoms with van der Waals surface area (Å²) >= 11 is 0. The van der Waals surface area contributed by atoms with Crippen LogP contribution >= 0.6 is 0 Å². The third kappa shape index (κ3) is 2.63. The first-order valence-corrected chi connectivity index (χ1v) is 6.70. The fourth-order valence-electron chi connectivity index (χ4n) is 2.31. The van der Waals surface area contributed by atoms with E-state index in [0.29, 0.717) is 11.1 Å². The first-order valence-electron chi connectivity index (χ1n) is 6.70. The molecule has 0 saturated heterocycles. The zero-order valence-corrected chi connectivity index (χ0v) is 11.6. The number of benzene rings is 3. The van der Waals surface area contributed by atoms with Gasteiger partial charge in [-0.3, -0.25) is 4.79 Å². The van der Waals surface area contributed by atoms with Gasteiger partial charge in [0.15, 0.2) is 0 Å². The van der Waals surface area contributed by atoms with Gasteiger partial charge in [-0.05, 0) is 42.1 Å². The Kier molecular flexibility index (Phi) is 3.40. The van der Waals surface area contributed by atoms with E-state index in [4.69, 9.17) is 0 Å². The van der Waals surface area contributed by atoms with Crippen molar-refractivity contribution in [3.05, 3.63) is 77.6 Å². The van der Waals surface area contributed by atoms with Crippen LogP contribution in [0.5, 0.6) is 0 Å². The van der Waals surface area contributed by atoms with Crippen molar-refractivity contribution < 1.29 is 9.18 Å². The van der Waals surface area contributed by atoms with Gasteiger partial charge >= 0.3 is 0 Å². The zero-order chi connectivity index (χ0) is 14.8. The number of amides is 1. The van der Waals surface area contributed by atoms with Gasteiger partial charge in [0.2, 0.25) is 0 Å². The zero-order valence-electron chi connectivity index (χ0n) is 11.6. The molecule has 1 amide bonds. The molecule has 1 N–H and O–H groups in total. The highest BCUT2D eigenvalue weighted by atomic mass is 19.1. The van der Waals surface area contributed by atoms with Gasteiger partial charge in [-0.15, -0.1) is 0 Å². The SMILES string of the molecule is Cc1cc(C(=O)Nc2cccc3ccccc23)ccc1F. The van der Waals surface area contributed by atoms with E-state index in [0.717, 1.165) is 16.5 Å². The average Bonchev–Trinajstić information content (AvgIpc) is 2.50. The molecule has 104 valence electrons. The van der Waals surface area contributed by atoms with Gasteiger partial charge in [-0.2, -0.15) is 0 Å². The van der Waals surface area contributed by atoms with E-state index in [1.54, 1.807) is 13.0 Å². The van der Waals surface area contributed by atoms with Crippen LogP contribution in [-0.2, 0) is 0 Å². The Morgan fingerprint density at radius 2 is 1.76 bits per heavy atom. The number of halogens is 1. The molecule has 0 aliphatic heterocycles. The van der Waals surface area contributed by atoms with E-state index in [2.05, 4.69) is 5.32 Å². The Hall–Kier alpha value is -2.68. The van der Waals surface area contributed by atoms with E-state index >= 15 is 0 Å². The number of rotatable bonds is 2. The summed E-state index contributed by atoms with van der Waals surface area (Å²) in [5.41, 5.74) is 1.66. The first kappa shape index (κ1) is 13.3. The number of carbonyl (C=O) groups is 1. The van der Waals surface area contributed by atoms with Crippen LogP contribution in [0.1, 0.15) is 15.9 Å². The Balaban J connectivity index is 1.94. The van der Waals surface area contributed by atoms with E-state index in [9.17, 15) is 9.18 Å². The second-order valence-electron chi connectivity index (χ2n) is 4.94. The van der Waals surface area contributed by atoms with Crippen LogP contribution in [0.3, 0.4) is 0 Å². The highest BCUT2D eigenvalue weighted by Gasteiger charge is 2.09. The summed E-state index contributed by atoms with van der Waals surface area (Å²) in [6.07, 6.45) is 0. The van der Waals surface area contributed by atoms with Crippen LogP contribution in [0, 0.1) is 12.7 Å². The van der Waals surface area contributed by atoms with Crippen molar-refractivity contribution >= 4 is 22.4 Å². The maximum Gasteiger partial charge on any atom is 0.255 e. The lowest BCUT2D eigenvalue weighted by atomic mass is 10.1. The summed E-state index contributed by atoms with van der Waals surface area (Å²) in [5, 5.41) is 4.93. The molecule has 0 aliphatic carbocycles.